The van der Waals surface area contributed by atoms with Crippen molar-refractivity contribution in [1.29, 1.82) is 0 Å². The van der Waals surface area contributed by atoms with E-state index in [1.54, 1.807) is 11.8 Å². The van der Waals surface area contributed by atoms with Crippen LogP contribution in [0.2, 0.25) is 0 Å². The number of rotatable bonds is 7. The van der Waals surface area contributed by atoms with Crippen LogP contribution < -0.4 is 10.1 Å². The average Bonchev–Trinajstić information content (AvgIpc) is 2.85. The smallest absolute Gasteiger partial charge is 0.122 e. The molecule has 0 bridgehead atoms. The lowest BCUT2D eigenvalue weighted by Gasteiger charge is -2.18. The van der Waals surface area contributed by atoms with E-state index in [2.05, 4.69) is 28.6 Å². The summed E-state index contributed by atoms with van der Waals surface area (Å²) in [6, 6.07) is 8.48. The minimum Gasteiger partial charge on any atom is -0.496 e. The van der Waals surface area contributed by atoms with Crippen molar-refractivity contribution in [3.63, 3.8) is 0 Å². The van der Waals surface area contributed by atoms with Gasteiger partial charge in [0.2, 0.25) is 0 Å². The molecule has 1 heterocycles. The maximum Gasteiger partial charge on any atom is 0.122 e. The molecule has 0 aliphatic heterocycles. The van der Waals surface area contributed by atoms with Crippen molar-refractivity contribution in [3.05, 3.63) is 41.7 Å². The molecular weight excluding hydrogens is 252 g/mol. The summed E-state index contributed by atoms with van der Waals surface area (Å²) in [5, 5.41) is 11.7. The SMILES string of the molecule is CCNC(Cc1cn(C)nn1)Cc1ccccc1OC. The molecule has 20 heavy (non-hydrogen) atoms. The van der Waals surface area contributed by atoms with Crippen LogP contribution in [0.1, 0.15) is 18.2 Å². The third kappa shape index (κ3) is 3.81. The first-order valence-corrected chi connectivity index (χ1v) is 6.93. The fourth-order valence-corrected chi connectivity index (χ4v) is 2.38. The lowest BCUT2D eigenvalue weighted by Crippen LogP contribution is -2.33. The summed E-state index contributed by atoms with van der Waals surface area (Å²) in [7, 11) is 3.60. The highest BCUT2D eigenvalue weighted by molar-refractivity contribution is 5.34. The highest BCUT2D eigenvalue weighted by Gasteiger charge is 2.14. The zero-order chi connectivity index (χ0) is 14.4. The molecule has 0 saturated carbocycles. The molecule has 5 heteroatoms. The molecule has 1 unspecified atom stereocenters. The van der Waals surface area contributed by atoms with Gasteiger partial charge in [-0.2, -0.15) is 0 Å². The van der Waals surface area contributed by atoms with Gasteiger partial charge >= 0.3 is 0 Å². The first-order chi connectivity index (χ1) is 9.72. The summed E-state index contributed by atoms with van der Waals surface area (Å²) in [4.78, 5) is 0. The molecule has 0 spiro atoms. The molecular formula is C15H22N4O. The molecule has 5 nitrogen and oxygen atoms in total. The van der Waals surface area contributed by atoms with Gasteiger partial charge in [-0.25, -0.2) is 0 Å². The topological polar surface area (TPSA) is 52.0 Å². The van der Waals surface area contributed by atoms with Crippen LogP contribution in [-0.2, 0) is 19.9 Å². The molecule has 0 saturated heterocycles. The van der Waals surface area contributed by atoms with E-state index in [1.807, 2.05) is 31.4 Å². The van der Waals surface area contributed by atoms with E-state index in [9.17, 15) is 0 Å². The Morgan fingerprint density at radius 1 is 1.30 bits per heavy atom. The quantitative estimate of drug-likeness (QED) is 0.833. The first-order valence-electron chi connectivity index (χ1n) is 6.93. The third-order valence-corrected chi connectivity index (χ3v) is 3.26. The lowest BCUT2D eigenvalue weighted by molar-refractivity contribution is 0.404. The Balaban J connectivity index is 2.08. The van der Waals surface area contributed by atoms with Gasteiger partial charge in [0.1, 0.15) is 5.75 Å². The highest BCUT2D eigenvalue weighted by atomic mass is 16.5. The molecule has 0 fully saturated rings. The Bertz CT molecular complexity index is 538. The van der Waals surface area contributed by atoms with Crippen LogP contribution in [0.15, 0.2) is 30.5 Å². The number of para-hydroxylation sites is 1. The van der Waals surface area contributed by atoms with Gasteiger partial charge < -0.3 is 10.1 Å². The molecule has 0 aliphatic rings. The number of nitrogens with one attached hydrogen (secondary N) is 1. The standard InChI is InChI=1S/C15H22N4O/c1-4-16-13(10-14-11-19(2)18-17-14)9-12-7-5-6-8-15(12)20-3/h5-8,11,13,16H,4,9-10H2,1-3H3. The van der Waals surface area contributed by atoms with Crippen LogP contribution in [0.25, 0.3) is 0 Å². The molecule has 1 N–H and O–H groups in total. The van der Waals surface area contributed by atoms with Crippen LogP contribution in [0.4, 0.5) is 0 Å². The molecule has 2 rings (SSSR count). The highest BCUT2D eigenvalue weighted by Crippen LogP contribution is 2.19. The number of nitrogens with zero attached hydrogens (tertiary/aromatic N) is 3. The molecule has 108 valence electrons. The van der Waals surface area contributed by atoms with E-state index < -0.39 is 0 Å². The largest absolute Gasteiger partial charge is 0.496 e. The van der Waals surface area contributed by atoms with Crippen LogP contribution in [0.3, 0.4) is 0 Å². The number of aromatic nitrogens is 3. The Morgan fingerprint density at radius 3 is 2.75 bits per heavy atom. The van der Waals surface area contributed by atoms with Gasteiger partial charge in [0.15, 0.2) is 0 Å². The first kappa shape index (κ1) is 14.5. The predicted molar refractivity (Wildman–Crippen MR) is 78.9 cm³/mol. The minimum absolute atomic E-state index is 0.327. The zero-order valence-electron chi connectivity index (χ0n) is 12.3. The van der Waals surface area contributed by atoms with Crippen molar-refractivity contribution in [1.82, 2.24) is 20.3 Å². The van der Waals surface area contributed by atoms with Gasteiger partial charge in [-0.3, -0.25) is 4.68 Å². The third-order valence-electron chi connectivity index (χ3n) is 3.26. The summed E-state index contributed by atoms with van der Waals surface area (Å²) in [5.41, 5.74) is 2.22. The predicted octanol–water partition coefficient (Wildman–Crippen LogP) is 1.59. The second-order valence-corrected chi connectivity index (χ2v) is 4.86. The van der Waals surface area contributed by atoms with Gasteiger partial charge in [-0.1, -0.05) is 30.3 Å². The molecule has 0 amide bonds. The summed E-state index contributed by atoms with van der Waals surface area (Å²) < 4.78 is 7.16. The molecule has 1 aromatic heterocycles. The summed E-state index contributed by atoms with van der Waals surface area (Å²) in [5.74, 6) is 0.939. The summed E-state index contributed by atoms with van der Waals surface area (Å²) in [6.45, 7) is 3.05. The number of ether oxygens (including phenoxy) is 1. The van der Waals surface area contributed by atoms with Gasteiger partial charge in [-0.15, -0.1) is 5.10 Å². The number of likely N-dealkylation sites (N-methyl/N-ethyl adjacent to an activating group) is 1. The van der Waals surface area contributed by atoms with Gasteiger partial charge in [-0.05, 0) is 24.6 Å². The van der Waals surface area contributed by atoms with Crippen molar-refractivity contribution in [2.75, 3.05) is 13.7 Å². The Hall–Kier alpha value is -1.88. The van der Waals surface area contributed by atoms with Crippen molar-refractivity contribution in [3.8, 4) is 5.75 Å². The van der Waals surface area contributed by atoms with Crippen molar-refractivity contribution in [2.45, 2.75) is 25.8 Å². The van der Waals surface area contributed by atoms with E-state index in [1.165, 1.54) is 5.56 Å². The molecule has 2 aromatic rings. The van der Waals surface area contributed by atoms with E-state index >= 15 is 0 Å². The second-order valence-electron chi connectivity index (χ2n) is 4.86. The van der Waals surface area contributed by atoms with Crippen LogP contribution in [0.5, 0.6) is 5.75 Å². The van der Waals surface area contributed by atoms with Gasteiger partial charge in [0, 0.05) is 25.7 Å². The number of hydrogen-bond acceptors (Lipinski definition) is 4. The van der Waals surface area contributed by atoms with E-state index in [-0.39, 0.29) is 0 Å². The molecule has 0 radical (unpaired) electrons. The molecule has 0 aliphatic carbocycles. The maximum absolute atomic E-state index is 5.42. The maximum atomic E-state index is 5.42. The van der Waals surface area contributed by atoms with Gasteiger partial charge in [0.05, 0.1) is 12.8 Å². The van der Waals surface area contributed by atoms with Crippen LogP contribution >= 0.6 is 0 Å². The summed E-state index contributed by atoms with van der Waals surface area (Å²) in [6.07, 6.45) is 3.74. The van der Waals surface area contributed by atoms with Crippen molar-refractivity contribution >= 4 is 0 Å². The van der Waals surface area contributed by atoms with Crippen LogP contribution in [-0.4, -0.2) is 34.7 Å². The van der Waals surface area contributed by atoms with E-state index in [4.69, 9.17) is 4.74 Å². The van der Waals surface area contributed by atoms with Crippen molar-refractivity contribution < 1.29 is 4.74 Å². The van der Waals surface area contributed by atoms with Crippen molar-refractivity contribution in [2.24, 2.45) is 7.05 Å². The zero-order valence-corrected chi connectivity index (χ0v) is 12.3. The Labute approximate surface area is 120 Å². The monoisotopic (exact) mass is 274 g/mol. The van der Waals surface area contributed by atoms with Crippen LogP contribution in [0, 0.1) is 0 Å². The fraction of sp³-hybridized carbons (Fsp3) is 0.467. The Morgan fingerprint density at radius 2 is 2.10 bits per heavy atom. The normalized spacial score (nSPS) is 12.3. The molecule has 1 aromatic carbocycles. The minimum atomic E-state index is 0.327. The average molecular weight is 274 g/mol. The second kappa shape index (κ2) is 7.05. The van der Waals surface area contributed by atoms with E-state index in [0.29, 0.717) is 6.04 Å². The summed E-state index contributed by atoms with van der Waals surface area (Å²) >= 11 is 0. The number of aryl methyl sites for hydroxylation is 1. The number of hydrogen-bond donors (Lipinski definition) is 1. The fourth-order valence-electron chi connectivity index (χ4n) is 2.38. The molecule has 1 atom stereocenters. The van der Waals surface area contributed by atoms with Gasteiger partial charge in [0.25, 0.3) is 0 Å². The number of methoxy groups -OCH3 is 1. The lowest BCUT2D eigenvalue weighted by atomic mass is 10.0. The van der Waals surface area contributed by atoms with E-state index in [0.717, 1.165) is 30.8 Å². The Kier molecular flexibility index (Phi) is 5.12. The number of benzene rings is 1.